The smallest absolute Gasteiger partial charge is 0.243 e. The molecule has 0 unspecified atom stereocenters. The number of ketones is 1. The Hall–Kier alpha value is -0.480. The third kappa shape index (κ3) is 2.21. The highest BCUT2D eigenvalue weighted by atomic mass is 35.6. The molecule has 0 saturated carbocycles. The molecule has 0 aliphatic carbocycles. The van der Waals surface area contributed by atoms with Gasteiger partial charge in [-0.05, 0) is 31.0 Å². The van der Waals surface area contributed by atoms with Crippen molar-refractivity contribution in [1.82, 2.24) is 0 Å². The van der Waals surface area contributed by atoms with Gasteiger partial charge in [0.25, 0.3) is 0 Å². The number of alkyl halides is 3. The molecule has 1 aliphatic heterocycles. The molecule has 98 valence electrons. The number of halogens is 3. The van der Waals surface area contributed by atoms with Crippen molar-refractivity contribution in [2.75, 3.05) is 0 Å². The molecule has 1 aliphatic rings. The Bertz CT molecular complexity index is 525. The normalized spacial score (nSPS) is 23.6. The van der Waals surface area contributed by atoms with Crippen LogP contribution in [0.3, 0.4) is 0 Å². The maximum absolute atomic E-state index is 12.1. The van der Waals surface area contributed by atoms with E-state index in [2.05, 4.69) is 0 Å². The van der Waals surface area contributed by atoms with E-state index in [9.17, 15) is 4.79 Å². The Morgan fingerprint density at radius 3 is 2.50 bits per heavy atom. The highest BCUT2D eigenvalue weighted by Crippen LogP contribution is 2.45. The number of rotatable bonds is 0. The fourth-order valence-electron chi connectivity index (χ4n) is 2.08. The van der Waals surface area contributed by atoms with Crippen molar-refractivity contribution < 1.29 is 9.53 Å². The number of hydrogen-bond donors (Lipinski definition) is 1. The largest absolute Gasteiger partial charge is 0.467 e. The lowest BCUT2D eigenvalue weighted by molar-refractivity contribution is 0.0467. The highest BCUT2D eigenvalue weighted by Gasteiger charge is 2.52. The summed E-state index contributed by atoms with van der Waals surface area (Å²) >= 11 is 17.4. The van der Waals surface area contributed by atoms with Crippen molar-refractivity contribution in [1.29, 1.82) is 0 Å². The van der Waals surface area contributed by atoms with Gasteiger partial charge in [-0.15, -0.1) is 0 Å². The third-order valence-electron chi connectivity index (χ3n) is 2.92. The minimum absolute atomic E-state index is 0.166. The fraction of sp³-hybridized carbons (Fsp3) is 0.417. The first kappa shape index (κ1) is 13.9. The van der Waals surface area contributed by atoms with E-state index in [1.165, 1.54) is 0 Å². The van der Waals surface area contributed by atoms with E-state index in [0.717, 1.165) is 11.1 Å². The molecule has 0 radical (unpaired) electrons. The van der Waals surface area contributed by atoms with Crippen LogP contribution in [0.4, 0.5) is 0 Å². The van der Waals surface area contributed by atoms with E-state index in [1.807, 2.05) is 19.9 Å². The predicted molar refractivity (Wildman–Crippen MR) is 72.7 cm³/mol. The van der Waals surface area contributed by atoms with Gasteiger partial charge in [-0.1, -0.05) is 40.9 Å². The number of carbonyl (C=O) groups is 1. The van der Waals surface area contributed by atoms with Gasteiger partial charge in [-0.3, -0.25) is 10.5 Å². The zero-order chi connectivity index (χ0) is 13.7. The second-order valence-electron chi connectivity index (χ2n) is 4.54. The molecule has 2 N–H and O–H groups in total. The zero-order valence-electron chi connectivity index (χ0n) is 9.89. The van der Waals surface area contributed by atoms with Crippen LogP contribution in [0.1, 0.15) is 27.9 Å². The quantitative estimate of drug-likeness (QED) is 0.748. The first-order valence-corrected chi connectivity index (χ1v) is 6.46. The first-order valence-electron chi connectivity index (χ1n) is 5.33. The van der Waals surface area contributed by atoms with Gasteiger partial charge in [-0.25, -0.2) is 0 Å². The van der Waals surface area contributed by atoms with Crippen LogP contribution in [0.5, 0.6) is 5.75 Å². The number of aryl methyl sites for hydroxylation is 2. The molecule has 1 heterocycles. The number of benzene rings is 1. The van der Waals surface area contributed by atoms with Crippen LogP contribution in [0, 0.1) is 13.8 Å². The molecule has 0 aromatic heterocycles. The van der Waals surface area contributed by atoms with Crippen molar-refractivity contribution in [2.45, 2.75) is 29.8 Å². The van der Waals surface area contributed by atoms with E-state index in [-0.39, 0.29) is 12.2 Å². The van der Waals surface area contributed by atoms with E-state index in [4.69, 9.17) is 45.3 Å². The van der Waals surface area contributed by atoms with Crippen molar-refractivity contribution in [2.24, 2.45) is 5.73 Å². The van der Waals surface area contributed by atoms with Crippen molar-refractivity contribution in [3.8, 4) is 5.75 Å². The molecule has 0 fully saturated rings. The highest BCUT2D eigenvalue weighted by molar-refractivity contribution is 6.68. The van der Waals surface area contributed by atoms with E-state index >= 15 is 0 Å². The molecule has 18 heavy (non-hydrogen) atoms. The van der Waals surface area contributed by atoms with Crippen LogP contribution in [0.15, 0.2) is 12.1 Å². The summed E-state index contributed by atoms with van der Waals surface area (Å²) in [7, 11) is 0. The molecular formula is C12H12Cl3NO2. The van der Waals surface area contributed by atoms with Gasteiger partial charge in [-0.2, -0.15) is 0 Å². The number of nitrogens with two attached hydrogens (primary N) is 1. The molecule has 6 heteroatoms. The van der Waals surface area contributed by atoms with Crippen molar-refractivity contribution >= 4 is 40.6 Å². The number of fused-ring (bicyclic) bond motifs is 1. The van der Waals surface area contributed by atoms with Gasteiger partial charge in [0, 0.05) is 0 Å². The molecule has 3 nitrogen and oxygen atoms in total. The van der Waals surface area contributed by atoms with Crippen LogP contribution >= 0.6 is 34.8 Å². The minimum atomic E-state index is -1.88. The Labute approximate surface area is 120 Å². The lowest BCUT2D eigenvalue weighted by Crippen LogP contribution is -2.59. The average molecular weight is 309 g/mol. The van der Waals surface area contributed by atoms with Crippen LogP contribution < -0.4 is 10.5 Å². The summed E-state index contributed by atoms with van der Waals surface area (Å²) in [5.41, 5.74) is 6.56. The second-order valence-corrected chi connectivity index (χ2v) is 6.83. The number of Topliss-reactive ketones (excluding diaryl/α,β-unsaturated/α-hetero) is 1. The lowest BCUT2D eigenvalue weighted by Gasteiger charge is -2.39. The summed E-state index contributed by atoms with van der Waals surface area (Å²) in [6.45, 7) is 3.73. The third-order valence-corrected chi connectivity index (χ3v) is 3.88. The Morgan fingerprint density at radius 1 is 1.33 bits per heavy atom. The van der Waals surface area contributed by atoms with Gasteiger partial charge in [0.2, 0.25) is 9.52 Å². The van der Waals surface area contributed by atoms with E-state index in [1.54, 1.807) is 6.07 Å². The lowest BCUT2D eigenvalue weighted by atomic mass is 9.93. The fourth-order valence-corrected chi connectivity index (χ4v) is 2.40. The predicted octanol–water partition coefficient (Wildman–Crippen LogP) is 3.29. The first-order chi connectivity index (χ1) is 8.14. The topological polar surface area (TPSA) is 52.3 Å². The SMILES string of the molecule is Cc1cc(C)c2c(c1)O[C@](N)(C(Cl)(Cl)Cl)CC2=O. The van der Waals surface area contributed by atoms with Gasteiger partial charge < -0.3 is 4.74 Å². The molecule has 1 atom stereocenters. The standard InChI is InChI=1S/C12H12Cl3NO2/c1-6-3-7(2)10-8(17)5-11(16,12(13,14)15)18-9(10)4-6/h3-4H,5,16H2,1-2H3/t11-/m0/s1. The Balaban J connectivity index is 2.56. The number of hydrogen-bond acceptors (Lipinski definition) is 3. The molecule has 0 spiro atoms. The van der Waals surface area contributed by atoms with Crippen LogP contribution in [-0.2, 0) is 0 Å². The van der Waals surface area contributed by atoms with Gasteiger partial charge in [0.1, 0.15) is 5.75 Å². The van der Waals surface area contributed by atoms with Crippen LogP contribution in [0.25, 0.3) is 0 Å². The Morgan fingerprint density at radius 2 is 1.94 bits per heavy atom. The summed E-state index contributed by atoms with van der Waals surface area (Å²) in [5.74, 6) is 0.195. The molecule has 1 aromatic rings. The average Bonchev–Trinajstić information content (AvgIpc) is 2.12. The monoisotopic (exact) mass is 307 g/mol. The summed E-state index contributed by atoms with van der Waals surface area (Å²) in [5, 5.41) is 0. The van der Waals surface area contributed by atoms with E-state index < -0.39 is 9.52 Å². The molecule has 2 rings (SSSR count). The Kier molecular flexibility index (Phi) is 3.31. The van der Waals surface area contributed by atoms with Gasteiger partial charge >= 0.3 is 0 Å². The van der Waals surface area contributed by atoms with Crippen LogP contribution in [0.2, 0.25) is 0 Å². The van der Waals surface area contributed by atoms with Crippen molar-refractivity contribution in [3.05, 3.63) is 28.8 Å². The summed E-state index contributed by atoms with van der Waals surface area (Å²) in [6, 6.07) is 3.62. The summed E-state index contributed by atoms with van der Waals surface area (Å²) < 4.78 is 3.70. The number of ether oxygens (including phenoxy) is 1. The van der Waals surface area contributed by atoms with Crippen LogP contribution in [-0.4, -0.2) is 15.3 Å². The van der Waals surface area contributed by atoms with Gasteiger partial charge in [0.15, 0.2) is 5.78 Å². The van der Waals surface area contributed by atoms with Crippen molar-refractivity contribution in [3.63, 3.8) is 0 Å². The van der Waals surface area contributed by atoms with Gasteiger partial charge in [0.05, 0.1) is 12.0 Å². The molecular weight excluding hydrogens is 296 g/mol. The molecule has 1 aromatic carbocycles. The minimum Gasteiger partial charge on any atom is -0.467 e. The molecule has 0 bridgehead atoms. The maximum atomic E-state index is 12.1. The molecule has 0 saturated heterocycles. The number of carbonyl (C=O) groups excluding carboxylic acids is 1. The second kappa shape index (κ2) is 4.27. The molecule has 0 amide bonds. The zero-order valence-corrected chi connectivity index (χ0v) is 12.2. The summed E-state index contributed by atoms with van der Waals surface area (Å²) in [6.07, 6.45) is -0.166. The maximum Gasteiger partial charge on any atom is 0.243 e. The summed E-state index contributed by atoms with van der Waals surface area (Å²) in [4.78, 5) is 12.1. The van der Waals surface area contributed by atoms with E-state index in [0.29, 0.717) is 11.3 Å².